The molecule has 1 aromatic carbocycles. The van der Waals surface area contributed by atoms with E-state index in [1.165, 1.54) is 6.26 Å². The molecule has 6 heteroatoms. The molecule has 17 heavy (non-hydrogen) atoms. The first-order chi connectivity index (χ1) is 7.88. The van der Waals surface area contributed by atoms with Crippen LogP contribution in [0.3, 0.4) is 0 Å². The molecule has 1 unspecified atom stereocenters. The Bertz CT molecular complexity index is 462. The largest absolute Gasteiger partial charge is 0.327 e. The first-order valence-electron chi connectivity index (χ1n) is 5.19. The van der Waals surface area contributed by atoms with Gasteiger partial charge in [-0.15, -0.1) is 11.8 Å². The van der Waals surface area contributed by atoms with Gasteiger partial charge in [0, 0.05) is 22.9 Å². The minimum Gasteiger partial charge on any atom is -0.327 e. The average Bonchev–Trinajstić information content (AvgIpc) is 2.24. The number of nitrogens with two attached hydrogens (primary N) is 1. The van der Waals surface area contributed by atoms with Gasteiger partial charge in [0.25, 0.3) is 0 Å². The Morgan fingerprint density at radius 2 is 2.06 bits per heavy atom. The number of benzene rings is 1. The Hall–Kier alpha value is -0.230. The zero-order chi connectivity index (χ0) is 12.9. The third kappa shape index (κ3) is 6.31. The Morgan fingerprint density at radius 1 is 1.41 bits per heavy atom. The molecule has 0 radical (unpaired) electrons. The molecule has 0 aliphatic carbocycles. The van der Waals surface area contributed by atoms with Crippen LogP contribution in [-0.4, -0.2) is 32.2 Å². The van der Waals surface area contributed by atoms with E-state index in [0.29, 0.717) is 17.2 Å². The van der Waals surface area contributed by atoms with Crippen LogP contribution in [0.25, 0.3) is 0 Å². The van der Waals surface area contributed by atoms with Gasteiger partial charge >= 0.3 is 0 Å². The van der Waals surface area contributed by atoms with Gasteiger partial charge < -0.3 is 5.73 Å². The van der Waals surface area contributed by atoms with Crippen molar-refractivity contribution in [3.8, 4) is 0 Å². The quantitative estimate of drug-likeness (QED) is 0.817. The molecule has 96 valence electrons. The molecule has 0 amide bonds. The summed E-state index contributed by atoms with van der Waals surface area (Å²) in [5.41, 5.74) is 5.85. The summed E-state index contributed by atoms with van der Waals surface area (Å²) in [5, 5.41) is 0.702. The summed E-state index contributed by atoms with van der Waals surface area (Å²) in [6.45, 7) is 0. The lowest BCUT2D eigenvalue weighted by atomic mass is 10.3. The lowest BCUT2D eigenvalue weighted by molar-refractivity contribution is 0.594. The number of halogens is 1. The van der Waals surface area contributed by atoms with E-state index in [1.54, 1.807) is 11.8 Å². The highest BCUT2D eigenvalue weighted by atomic mass is 35.5. The van der Waals surface area contributed by atoms with E-state index in [9.17, 15) is 8.42 Å². The Balaban J connectivity index is 2.39. The molecule has 0 fully saturated rings. The molecule has 0 spiro atoms. The van der Waals surface area contributed by atoms with Crippen LogP contribution in [0.4, 0.5) is 0 Å². The monoisotopic (exact) mass is 293 g/mol. The van der Waals surface area contributed by atoms with Gasteiger partial charge in [-0.25, -0.2) is 8.42 Å². The second-order valence-corrected chi connectivity index (χ2v) is 7.65. The molecule has 3 nitrogen and oxygen atoms in total. The van der Waals surface area contributed by atoms with Gasteiger partial charge in [-0.3, -0.25) is 0 Å². The maximum absolute atomic E-state index is 11.0. The summed E-state index contributed by atoms with van der Waals surface area (Å²) in [7, 11) is -2.93. The van der Waals surface area contributed by atoms with E-state index in [0.717, 1.165) is 4.90 Å². The number of thioether (sulfide) groups is 1. The molecule has 0 aliphatic rings. The Morgan fingerprint density at radius 3 is 2.65 bits per heavy atom. The van der Waals surface area contributed by atoms with Gasteiger partial charge in [0.05, 0.1) is 10.8 Å². The zero-order valence-corrected chi connectivity index (χ0v) is 12.0. The molecule has 1 aromatic rings. The highest BCUT2D eigenvalue weighted by Crippen LogP contribution is 2.27. The molecule has 1 atom stereocenters. The third-order valence-corrected chi connectivity index (χ3v) is 4.83. The maximum atomic E-state index is 11.0. The van der Waals surface area contributed by atoms with E-state index in [1.807, 2.05) is 24.3 Å². The van der Waals surface area contributed by atoms with Crippen LogP contribution >= 0.6 is 23.4 Å². The summed E-state index contributed by atoms with van der Waals surface area (Å²) in [6, 6.07) is 7.40. The lowest BCUT2D eigenvalue weighted by Gasteiger charge is -2.11. The highest BCUT2D eigenvalue weighted by molar-refractivity contribution is 7.99. The van der Waals surface area contributed by atoms with E-state index in [-0.39, 0.29) is 11.8 Å². The molecule has 0 aliphatic heterocycles. The van der Waals surface area contributed by atoms with Gasteiger partial charge in [0.2, 0.25) is 0 Å². The van der Waals surface area contributed by atoms with Crippen molar-refractivity contribution < 1.29 is 8.42 Å². The highest BCUT2D eigenvalue weighted by Gasteiger charge is 2.09. The van der Waals surface area contributed by atoms with E-state index in [2.05, 4.69) is 0 Å². The first kappa shape index (κ1) is 14.8. The van der Waals surface area contributed by atoms with Gasteiger partial charge in [-0.1, -0.05) is 23.7 Å². The third-order valence-electron chi connectivity index (χ3n) is 2.15. The molecular weight excluding hydrogens is 278 g/mol. The van der Waals surface area contributed by atoms with Crippen molar-refractivity contribution in [3.63, 3.8) is 0 Å². The molecule has 0 heterocycles. The second-order valence-electron chi connectivity index (χ2n) is 3.92. The van der Waals surface area contributed by atoms with Gasteiger partial charge in [-0.2, -0.15) is 0 Å². The summed E-state index contributed by atoms with van der Waals surface area (Å²) >= 11 is 7.55. The van der Waals surface area contributed by atoms with Crippen LogP contribution in [0.2, 0.25) is 5.02 Å². The number of rotatable bonds is 6. The Labute approximate surface area is 112 Å². The van der Waals surface area contributed by atoms with Crippen LogP contribution in [0.15, 0.2) is 29.2 Å². The van der Waals surface area contributed by atoms with Crippen molar-refractivity contribution in [2.75, 3.05) is 17.8 Å². The van der Waals surface area contributed by atoms with Crippen molar-refractivity contribution in [2.45, 2.75) is 17.4 Å². The fourth-order valence-electron chi connectivity index (χ4n) is 1.21. The van der Waals surface area contributed by atoms with Gasteiger partial charge in [0.1, 0.15) is 9.84 Å². The lowest BCUT2D eigenvalue weighted by Crippen LogP contribution is -2.25. The number of hydrogen-bond donors (Lipinski definition) is 1. The minimum atomic E-state index is -2.93. The normalized spacial score (nSPS) is 13.6. The molecule has 2 N–H and O–H groups in total. The van der Waals surface area contributed by atoms with Gasteiger partial charge in [-0.05, 0) is 18.6 Å². The average molecular weight is 294 g/mol. The first-order valence-corrected chi connectivity index (χ1v) is 8.61. The van der Waals surface area contributed by atoms with Crippen LogP contribution in [0, 0.1) is 0 Å². The molecule has 0 aromatic heterocycles. The molecule has 0 bridgehead atoms. The maximum Gasteiger partial charge on any atom is 0.147 e. The predicted octanol–water partition coefficient (Wildman–Crippen LogP) is 2.19. The predicted molar refractivity (Wildman–Crippen MR) is 74.5 cm³/mol. The summed E-state index contributed by atoms with van der Waals surface area (Å²) in [6.07, 6.45) is 1.71. The fourth-order valence-corrected chi connectivity index (χ4v) is 3.18. The van der Waals surface area contributed by atoms with Crippen LogP contribution in [0.5, 0.6) is 0 Å². The SMILES string of the molecule is CS(=O)(=O)CCC(N)CSc1ccccc1Cl. The second kappa shape index (κ2) is 6.64. The zero-order valence-electron chi connectivity index (χ0n) is 9.60. The number of sulfone groups is 1. The van der Waals surface area contributed by atoms with Crippen molar-refractivity contribution in [1.82, 2.24) is 0 Å². The van der Waals surface area contributed by atoms with E-state index < -0.39 is 9.84 Å². The molecule has 0 saturated heterocycles. The fraction of sp³-hybridized carbons (Fsp3) is 0.455. The van der Waals surface area contributed by atoms with Gasteiger partial charge in [0.15, 0.2) is 0 Å². The Kier molecular flexibility index (Phi) is 5.79. The van der Waals surface area contributed by atoms with E-state index >= 15 is 0 Å². The minimum absolute atomic E-state index is 0.133. The topological polar surface area (TPSA) is 60.2 Å². The van der Waals surface area contributed by atoms with Crippen LogP contribution in [-0.2, 0) is 9.84 Å². The number of hydrogen-bond acceptors (Lipinski definition) is 4. The summed E-state index contributed by atoms with van der Waals surface area (Å²) < 4.78 is 22.0. The standard InChI is InChI=1S/C11H16ClNO2S2/c1-17(14,15)7-6-9(13)8-16-11-5-3-2-4-10(11)12/h2-5,9H,6-8,13H2,1H3. The molecule has 1 rings (SSSR count). The van der Waals surface area contributed by atoms with E-state index in [4.69, 9.17) is 17.3 Å². The summed E-state index contributed by atoms with van der Waals surface area (Å²) in [5.74, 6) is 0.802. The van der Waals surface area contributed by atoms with Crippen molar-refractivity contribution >= 4 is 33.2 Å². The van der Waals surface area contributed by atoms with Crippen LogP contribution in [0.1, 0.15) is 6.42 Å². The van der Waals surface area contributed by atoms with Crippen molar-refractivity contribution in [1.29, 1.82) is 0 Å². The van der Waals surface area contributed by atoms with Crippen LogP contribution < -0.4 is 5.73 Å². The van der Waals surface area contributed by atoms with Crippen molar-refractivity contribution in [2.24, 2.45) is 5.73 Å². The summed E-state index contributed by atoms with van der Waals surface area (Å²) in [4.78, 5) is 0.976. The smallest absolute Gasteiger partial charge is 0.147 e. The molecular formula is C11H16ClNO2S2. The molecule has 0 saturated carbocycles. The van der Waals surface area contributed by atoms with Crippen molar-refractivity contribution in [3.05, 3.63) is 29.3 Å².